The van der Waals surface area contributed by atoms with Gasteiger partial charge in [0, 0.05) is 44.1 Å². The molecule has 1 amide bonds. The van der Waals surface area contributed by atoms with E-state index in [1.165, 1.54) is 0 Å². The third kappa shape index (κ3) is 5.77. The van der Waals surface area contributed by atoms with Crippen LogP contribution in [0.25, 0.3) is 5.76 Å². The van der Waals surface area contributed by atoms with Crippen molar-refractivity contribution in [2.24, 2.45) is 5.92 Å². The minimum absolute atomic E-state index is 0.0957. The number of likely N-dealkylation sites (tertiary alicyclic amines) is 1. The number of aliphatic hydroxyl groups is 1. The highest BCUT2D eigenvalue weighted by atomic mass is 16.5. The van der Waals surface area contributed by atoms with Crippen molar-refractivity contribution in [3.8, 4) is 5.75 Å². The van der Waals surface area contributed by atoms with Gasteiger partial charge in [0.25, 0.3) is 11.7 Å². The first-order valence-corrected chi connectivity index (χ1v) is 12.6. The molecule has 1 aromatic carbocycles. The molecular weight excluding hydrogens is 458 g/mol. The van der Waals surface area contributed by atoms with Gasteiger partial charge in [-0.3, -0.25) is 19.5 Å². The second kappa shape index (κ2) is 11.7. The lowest BCUT2D eigenvalue weighted by Gasteiger charge is -2.29. The summed E-state index contributed by atoms with van der Waals surface area (Å²) in [5, 5.41) is 11.4. The topological polar surface area (TPSA) is 92.2 Å². The Morgan fingerprint density at radius 2 is 1.97 bits per heavy atom. The van der Waals surface area contributed by atoms with E-state index in [1.807, 2.05) is 19.1 Å². The first-order valence-electron chi connectivity index (χ1n) is 12.6. The number of hydrogen-bond donors (Lipinski definition) is 1. The maximum absolute atomic E-state index is 13.3. The summed E-state index contributed by atoms with van der Waals surface area (Å²) in [4.78, 5) is 34.5. The normalized spacial score (nSPS) is 20.3. The lowest BCUT2D eigenvalue weighted by atomic mass is 9.94. The van der Waals surface area contributed by atoms with Crippen LogP contribution >= 0.6 is 0 Å². The Bertz CT molecular complexity index is 1110. The third-order valence-corrected chi connectivity index (χ3v) is 6.55. The first kappa shape index (κ1) is 25.9. The Morgan fingerprint density at radius 3 is 2.64 bits per heavy atom. The number of benzene rings is 1. The van der Waals surface area contributed by atoms with Gasteiger partial charge < -0.3 is 19.5 Å². The van der Waals surface area contributed by atoms with Crippen LogP contribution in [0.1, 0.15) is 43.0 Å². The molecule has 0 bridgehead atoms. The molecule has 2 aliphatic heterocycles. The van der Waals surface area contributed by atoms with Crippen molar-refractivity contribution >= 4 is 17.4 Å². The molecule has 8 heteroatoms. The average Bonchev–Trinajstić information content (AvgIpc) is 3.13. The lowest BCUT2D eigenvalue weighted by Crippen LogP contribution is -2.39. The molecule has 1 aromatic heterocycles. The number of aliphatic hydroxyl groups excluding tert-OH is 1. The molecule has 1 unspecified atom stereocenters. The summed E-state index contributed by atoms with van der Waals surface area (Å²) in [7, 11) is 0. The summed E-state index contributed by atoms with van der Waals surface area (Å²) in [5.41, 5.74) is 2.06. The number of rotatable bonds is 9. The van der Waals surface area contributed by atoms with Crippen LogP contribution in [0.15, 0.2) is 48.3 Å². The number of aryl methyl sites for hydroxylation is 1. The molecule has 4 rings (SSSR count). The number of pyridine rings is 1. The second-order valence-electron chi connectivity index (χ2n) is 9.77. The van der Waals surface area contributed by atoms with E-state index in [0.717, 1.165) is 25.2 Å². The fourth-order valence-corrected chi connectivity index (χ4v) is 4.68. The third-order valence-electron chi connectivity index (χ3n) is 6.55. The fourth-order valence-electron chi connectivity index (χ4n) is 4.68. The van der Waals surface area contributed by atoms with Crippen molar-refractivity contribution in [2.75, 3.05) is 46.0 Å². The van der Waals surface area contributed by atoms with Gasteiger partial charge in [-0.25, -0.2) is 0 Å². The maximum atomic E-state index is 13.3. The molecule has 3 heterocycles. The largest absolute Gasteiger partial charge is 0.507 e. The molecule has 0 radical (unpaired) electrons. The minimum Gasteiger partial charge on any atom is -0.507 e. The highest BCUT2D eigenvalue weighted by Crippen LogP contribution is 2.40. The molecule has 0 saturated carbocycles. The minimum atomic E-state index is -0.695. The van der Waals surface area contributed by atoms with Crippen LogP contribution < -0.4 is 4.74 Å². The highest BCUT2D eigenvalue weighted by molar-refractivity contribution is 6.46. The van der Waals surface area contributed by atoms with Crippen molar-refractivity contribution in [1.29, 1.82) is 0 Å². The summed E-state index contributed by atoms with van der Waals surface area (Å²) in [5.74, 6) is -0.359. The monoisotopic (exact) mass is 493 g/mol. The smallest absolute Gasteiger partial charge is 0.295 e. The van der Waals surface area contributed by atoms with Gasteiger partial charge >= 0.3 is 0 Å². The number of hydrogen-bond acceptors (Lipinski definition) is 7. The van der Waals surface area contributed by atoms with E-state index in [-0.39, 0.29) is 11.3 Å². The summed E-state index contributed by atoms with van der Waals surface area (Å²) in [6.07, 6.45) is 4.01. The van der Waals surface area contributed by atoms with Crippen molar-refractivity contribution in [3.05, 3.63) is 65.0 Å². The Balaban J connectivity index is 1.63. The van der Waals surface area contributed by atoms with E-state index in [4.69, 9.17) is 9.47 Å². The lowest BCUT2D eigenvalue weighted by molar-refractivity contribution is -0.140. The van der Waals surface area contributed by atoms with Crippen LogP contribution in [0.4, 0.5) is 0 Å². The fraction of sp³-hybridized carbons (Fsp3) is 0.464. The van der Waals surface area contributed by atoms with E-state index in [2.05, 4.69) is 23.7 Å². The van der Waals surface area contributed by atoms with Gasteiger partial charge in [0.2, 0.25) is 0 Å². The number of ether oxygens (including phenoxy) is 2. The van der Waals surface area contributed by atoms with Crippen LogP contribution in [0.2, 0.25) is 0 Å². The van der Waals surface area contributed by atoms with Crippen LogP contribution in [0.5, 0.6) is 5.75 Å². The number of Topliss-reactive ketones (excluding diaryl/α,β-unsaturated/α-hetero) is 1. The molecule has 0 spiro atoms. The molecule has 2 saturated heterocycles. The molecule has 2 aromatic rings. The van der Waals surface area contributed by atoms with Crippen LogP contribution in [0, 0.1) is 12.8 Å². The van der Waals surface area contributed by atoms with Crippen LogP contribution in [0.3, 0.4) is 0 Å². The molecular formula is C28H35N3O5. The number of morpholine rings is 1. The quantitative estimate of drug-likeness (QED) is 0.324. The van der Waals surface area contributed by atoms with E-state index in [0.29, 0.717) is 55.6 Å². The number of aromatic nitrogens is 1. The first-order chi connectivity index (χ1) is 17.4. The van der Waals surface area contributed by atoms with Crippen LogP contribution in [-0.2, 0) is 14.3 Å². The average molecular weight is 494 g/mol. The zero-order chi connectivity index (χ0) is 25.7. The molecule has 8 nitrogen and oxygen atoms in total. The Kier molecular flexibility index (Phi) is 8.38. The number of amides is 1. The SMILES string of the molecule is Cc1cc(OCC(C)C)ccc1/C(O)=C1\C(=O)C(=O)N(CCCN2CCOCC2)C1c1cccnc1. The molecule has 1 atom stereocenters. The number of carbonyl (C=O) groups excluding carboxylic acids is 2. The molecule has 1 N–H and O–H groups in total. The summed E-state index contributed by atoms with van der Waals surface area (Å²) in [6.45, 7) is 10.9. The predicted molar refractivity (Wildman–Crippen MR) is 137 cm³/mol. The zero-order valence-corrected chi connectivity index (χ0v) is 21.3. The molecule has 2 aliphatic rings. The summed E-state index contributed by atoms with van der Waals surface area (Å²) < 4.78 is 11.2. The van der Waals surface area contributed by atoms with Gasteiger partial charge in [-0.2, -0.15) is 0 Å². The van der Waals surface area contributed by atoms with Gasteiger partial charge in [-0.15, -0.1) is 0 Å². The second-order valence-corrected chi connectivity index (χ2v) is 9.77. The van der Waals surface area contributed by atoms with Gasteiger partial charge in [-0.05, 0) is 54.7 Å². The Labute approximate surface area is 212 Å². The van der Waals surface area contributed by atoms with Crippen molar-refractivity contribution in [2.45, 2.75) is 33.2 Å². The Hall–Kier alpha value is -3.23. The standard InChI is InChI=1S/C28H35N3O5/c1-19(2)18-36-22-7-8-23(20(3)16-22)26(32)24-25(21-6-4-9-29-17-21)31(28(34)27(24)33)11-5-10-30-12-14-35-15-13-30/h4,6-9,16-17,19,25,32H,5,10-15,18H2,1-3H3/b26-24+. The maximum Gasteiger partial charge on any atom is 0.295 e. The van der Waals surface area contributed by atoms with Gasteiger partial charge in [0.1, 0.15) is 11.5 Å². The van der Waals surface area contributed by atoms with E-state index >= 15 is 0 Å². The van der Waals surface area contributed by atoms with Crippen molar-refractivity contribution < 1.29 is 24.2 Å². The summed E-state index contributed by atoms with van der Waals surface area (Å²) >= 11 is 0. The number of carbonyl (C=O) groups is 2. The number of ketones is 1. The van der Waals surface area contributed by atoms with Gasteiger partial charge in [0.05, 0.1) is 31.4 Å². The van der Waals surface area contributed by atoms with Gasteiger partial charge in [-0.1, -0.05) is 19.9 Å². The van der Waals surface area contributed by atoms with E-state index in [9.17, 15) is 14.7 Å². The Morgan fingerprint density at radius 1 is 1.19 bits per heavy atom. The van der Waals surface area contributed by atoms with Gasteiger partial charge in [0.15, 0.2) is 0 Å². The predicted octanol–water partition coefficient (Wildman–Crippen LogP) is 3.57. The van der Waals surface area contributed by atoms with Crippen molar-refractivity contribution in [3.63, 3.8) is 0 Å². The molecule has 2 fully saturated rings. The molecule has 0 aliphatic carbocycles. The molecule has 36 heavy (non-hydrogen) atoms. The van der Waals surface area contributed by atoms with Crippen LogP contribution in [-0.4, -0.2) is 77.6 Å². The summed E-state index contributed by atoms with van der Waals surface area (Å²) in [6, 6.07) is 8.28. The molecule has 192 valence electrons. The van der Waals surface area contributed by atoms with E-state index < -0.39 is 17.7 Å². The van der Waals surface area contributed by atoms with E-state index in [1.54, 1.807) is 35.5 Å². The highest BCUT2D eigenvalue weighted by Gasteiger charge is 2.46. The number of nitrogens with zero attached hydrogens (tertiary/aromatic N) is 3. The zero-order valence-electron chi connectivity index (χ0n) is 21.3. The van der Waals surface area contributed by atoms with Crippen molar-refractivity contribution in [1.82, 2.24) is 14.8 Å².